The number of nitrogens with zero attached hydrogens (tertiary/aromatic N) is 2. The summed E-state index contributed by atoms with van der Waals surface area (Å²) < 4.78 is 31.4. The van der Waals surface area contributed by atoms with E-state index < -0.39 is 5.91 Å². The van der Waals surface area contributed by atoms with E-state index in [0.717, 1.165) is 5.56 Å². The highest BCUT2D eigenvalue weighted by atomic mass is 19.1. The topological polar surface area (TPSA) is 74.6 Å². The van der Waals surface area contributed by atoms with E-state index in [1.807, 2.05) is 30.3 Å². The number of halogens is 1. The second-order valence-corrected chi connectivity index (χ2v) is 7.06. The molecule has 0 spiro atoms. The second-order valence-electron chi connectivity index (χ2n) is 7.06. The van der Waals surface area contributed by atoms with Gasteiger partial charge in [0.15, 0.2) is 22.9 Å². The summed E-state index contributed by atoms with van der Waals surface area (Å²) in [5, 5.41) is 7.20. The molecule has 0 bridgehead atoms. The minimum atomic E-state index is -0.451. The van der Waals surface area contributed by atoms with Gasteiger partial charge in [0.1, 0.15) is 12.4 Å². The zero-order valence-electron chi connectivity index (χ0n) is 16.8. The monoisotopic (exact) mass is 431 g/mol. The average Bonchev–Trinajstić information content (AvgIpc) is 3.46. The fourth-order valence-corrected chi connectivity index (χ4v) is 3.25. The van der Waals surface area contributed by atoms with E-state index in [2.05, 4.69) is 10.4 Å². The normalized spacial score (nSPS) is 11.9. The van der Waals surface area contributed by atoms with Crippen LogP contribution < -0.4 is 19.5 Å². The molecule has 3 aromatic carbocycles. The first-order chi connectivity index (χ1) is 15.7. The molecule has 1 amide bonds. The van der Waals surface area contributed by atoms with Gasteiger partial charge in [-0.15, -0.1) is 0 Å². The number of nitrogens with one attached hydrogen (secondary N) is 1. The predicted molar refractivity (Wildman–Crippen MR) is 115 cm³/mol. The molecule has 0 atom stereocenters. The van der Waals surface area contributed by atoms with Crippen LogP contribution in [0.15, 0.2) is 79.0 Å². The predicted octanol–water partition coefficient (Wildman–Crippen LogP) is 4.57. The summed E-state index contributed by atoms with van der Waals surface area (Å²) in [5.74, 6) is 0.669. The van der Waals surface area contributed by atoms with Crippen LogP contribution >= 0.6 is 0 Å². The number of carbonyl (C=O) groups is 1. The van der Waals surface area contributed by atoms with Crippen molar-refractivity contribution < 1.29 is 23.4 Å². The summed E-state index contributed by atoms with van der Waals surface area (Å²) in [6.07, 6.45) is 1.60. The number of anilines is 1. The standard InChI is InChI=1S/C24H18FN3O4/c25-17-6-9-19(10-7-17)28-13-22(30-14-16-4-2-1-3-5-16)23(27-28)24(29)26-18-8-11-20-21(12-18)32-15-31-20/h1-13H,14-15H2,(H,26,29). The van der Waals surface area contributed by atoms with Gasteiger partial charge in [0, 0.05) is 11.8 Å². The maximum Gasteiger partial charge on any atom is 0.280 e. The Labute approximate surface area is 183 Å². The van der Waals surface area contributed by atoms with Gasteiger partial charge in [0.2, 0.25) is 6.79 Å². The first-order valence-electron chi connectivity index (χ1n) is 9.89. The van der Waals surface area contributed by atoms with Crippen molar-refractivity contribution in [1.82, 2.24) is 9.78 Å². The molecule has 0 fully saturated rings. The number of aromatic nitrogens is 2. The van der Waals surface area contributed by atoms with Gasteiger partial charge in [-0.3, -0.25) is 4.79 Å². The lowest BCUT2D eigenvalue weighted by Gasteiger charge is -2.07. The van der Waals surface area contributed by atoms with Crippen molar-refractivity contribution in [2.45, 2.75) is 6.61 Å². The Morgan fingerprint density at radius 3 is 2.62 bits per heavy atom. The number of amides is 1. The number of benzene rings is 3. The van der Waals surface area contributed by atoms with Gasteiger partial charge in [-0.05, 0) is 42.0 Å². The van der Waals surface area contributed by atoms with Crippen molar-refractivity contribution in [2.24, 2.45) is 0 Å². The van der Waals surface area contributed by atoms with Crippen LogP contribution in [0.2, 0.25) is 0 Å². The molecule has 5 rings (SSSR count). The highest BCUT2D eigenvalue weighted by Crippen LogP contribution is 2.34. The van der Waals surface area contributed by atoms with Crippen LogP contribution in [0.1, 0.15) is 16.1 Å². The minimum Gasteiger partial charge on any atom is -0.485 e. The van der Waals surface area contributed by atoms with Gasteiger partial charge in [0.25, 0.3) is 5.91 Å². The molecule has 32 heavy (non-hydrogen) atoms. The number of hydrogen-bond acceptors (Lipinski definition) is 5. The third-order valence-corrected chi connectivity index (χ3v) is 4.85. The van der Waals surface area contributed by atoms with Crippen LogP contribution in [0.25, 0.3) is 5.69 Å². The largest absolute Gasteiger partial charge is 0.485 e. The Morgan fingerprint density at radius 2 is 1.81 bits per heavy atom. The van der Waals surface area contributed by atoms with E-state index in [-0.39, 0.29) is 24.9 Å². The molecule has 1 aromatic heterocycles. The Hall–Kier alpha value is -4.33. The molecule has 2 heterocycles. The van der Waals surface area contributed by atoms with Crippen molar-refractivity contribution >= 4 is 11.6 Å². The SMILES string of the molecule is O=C(Nc1ccc2c(c1)OCO2)c1nn(-c2ccc(F)cc2)cc1OCc1ccccc1. The van der Waals surface area contributed by atoms with Gasteiger partial charge in [-0.2, -0.15) is 5.10 Å². The smallest absolute Gasteiger partial charge is 0.280 e. The fourth-order valence-electron chi connectivity index (χ4n) is 3.25. The number of rotatable bonds is 6. The molecular weight excluding hydrogens is 413 g/mol. The molecule has 8 heteroatoms. The van der Waals surface area contributed by atoms with E-state index >= 15 is 0 Å². The maximum atomic E-state index is 13.3. The molecule has 1 N–H and O–H groups in total. The number of carbonyl (C=O) groups excluding carboxylic acids is 1. The third kappa shape index (κ3) is 4.11. The molecule has 160 valence electrons. The highest BCUT2D eigenvalue weighted by molar-refractivity contribution is 6.04. The van der Waals surface area contributed by atoms with Crippen LogP contribution in [-0.2, 0) is 6.61 Å². The van der Waals surface area contributed by atoms with Crippen LogP contribution in [0.3, 0.4) is 0 Å². The van der Waals surface area contributed by atoms with E-state index in [9.17, 15) is 9.18 Å². The summed E-state index contributed by atoms with van der Waals surface area (Å²) in [6, 6.07) is 20.5. The number of hydrogen-bond donors (Lipinski definition) is 1. The Morgan fingerprint density at radius 1 is 1.03 bits per heavy atom. The van der Waals surface area contributed by atoms with Crippen LogP contribution in [0.5, 0.6) is 17.2 Å². The third-order valence-electron chi connectivity index (χ3n) is 4.85. The van der Waals surface area contributed by atoms with Gasteiger partial charge < -0.3 is 19.5 Å². The van der Waals surface area contributed by atoms with Crippen LogP contribution in [-0.4, -0.2) is 22.5 Å². The van der Waals surface area contributed by atoms with Crippen LogP contribution in [0, 0.1) is 5.82 Å². The highest BCUT2D eigenvalue weighted by Gasteiger charge is 2.21. The van der Waals surface area contributed by atoms with E-state index in [1.54, 1.807) is 36.5 Å². The van der Waals surface area contributed by atoms with Crippen molar-refractivity contribution in [1.29, 1.82) is 0 Å². The Balaban J connectivity index is 1.43. The molecule has 0 radical (unpaired) electrons. The summed E-state index contributed by atoms with van der Waals surface area (Å²) in [5.41, 5.74) is 2.18. The zero-order chi connectivity index (χ0) is 21.9. The molecule has 7 nitrogen and oxygen atoms in total. The van der Waals surface area contributed by atoms with Gasteiger partial charge >= 0.3 is 0 Å². The molecule has 0 saturated carbocycles. The number of ether oxygens (including phenoxy) is 3. The molecule has 0 aliphatic carbocycles. The quantitative estimate of drug-likeness (QED) is 0.484. The van der Waals surface area contributed by atoms with Crippen molar-refractivity contribution in [2.75, 3.05) is 12.1 Å². The zero-order valence-corrected chi connectivity index (χ0v) is 16.8. The lowest BCUT2D eigenvalue weighted by molar-refractivity contribution is 0.101. The molecule has 1 aliphatic rings. The van der Waals surface area contributed by atoms with Gasteiger partial charge in [0.05, 0.1) is 11.9 Å². The van der Waals surface area contributed by atoms with Gasteiger partial charge in [-0.25, -0.2) is 9.07 Å². The fraction of sp³-hybridized carbons (Fsp3) is 0.0833. The van der Waals surface area contributed by atoms with E-state index in [4.69, 9.17) is 14.2 Å². The number of fused-ring (bicyclic) bond motifs is 1. The minimum absolute atomic E-state index is 0.0999. The summed E-state index contributed by atoms with van der Waals surface area (Å²) in [4.78, 5) is 13.0. The second kappa shape index (κ2) is 8.43. The van der Waals surface area contributed by atoms with E-state index in [0.29, 0.717) is 28.6 Å². The summed E-state index contributed by atoms with van der Waals surface area (Å²) in [7, 11) is 0. The van der Waals surface area contributed by atoms with Crippen molar-refractivity contribution in [3.8, 4) is 22.9 Å². The first kappa shape index (κ1) is 19.6. The average molecular weight is 431 g/mol. The summed E-state index contributed by atoms with van der Waals surface area (Å²) >= 11 is 0. The van der Waals surface area contributed by atoms with Crippen molar-refractivity contribution in [3.05, 3.63) is 96.1 Å². The molecule has 0 saturated heterocycles. The van der Waals surface area contributed by atoms with E-state index in [1.165, 1.54) is 16.8 Å². The lowest BCUT2D eigenvalue weighted by atomic mass is 10.2. The maximum absolute atomic E-state index is 13.3. The molecule has 0 unspecified atom stereocenters. The summed E-state index contributed by atoms with van der Waals surface area (Å²) in [6.45, 7) is 0.409. The lowest BCUT2D eigenvalue weighted by Crippen LogP contribution is -2.14. The van der Waals surface area contributed by atoms with Crippen molar-refractivity contribution in [3.63, 3.8) is 0 Å². The Bertz CT molecular complexity index is 1260. The molecule has 4 aromatic rings. The van der Waals surface area contributed by atoms with Crippen LogP contribution in [0.4, 0.5) is 10.1 Å². The molecular formula is C24H18FN3O4. The molecule has 1 aliphatic heterocycles. The van der Waals surface area contributed by atoms with Gasteiger partial charge in [-0.1, -0.05) is 30.3 Å². The Kier molecular flexibility index (Phi) is 5.17. The first-order valence-corrected chi connectivity index (χ1v) is 9.89.